The van der Waals surface area contributed by atoms with E-state index in [1.165, 1.54) is 50.6 Å². The van der Waals surface area contributed by atoms with Gasteiger partial charge < -0.3 is 9.88 Å². The average Bonchev–Trinajstić information content (AvgIpc) is 3.07. The van der Waals surface area contributed by atoms with E-state index in [1.54, 1.807) is 0 Å². The molecule has 0 spiro atoms. The van der Waals surface area contributed by atoms with Gasteiger partial charge in [0.15, 0.2) is 0 Å². The summed E-state index contributed by atoms with van der Waals surface area (Å²) in [4.78, 5) is 4.33. The number of rotatable bonds is 5. The van der Waals surface area contributed by atoms with E-state index in [1.807, 2.05) is 6.33 Å². The summed E-state index contributed by atoms with van der Waals surface area (Å²) in [5, 5.41) is 3.61. The van der Waals surface area contributed by atoms with Crippen LogP contribution >= 0.6 is 0 Å². The van der Waals surface area contributed by atoms with Crippen LogP contribution in [-0.2, 0) is 6.54 Å². The van der Waals surface area contributed by atoms with Crippen molar-refractivity contribution in [2.75, 3.05) is 6.54 Å². The lowest BCUT2D eigenvalue weighted by Crippen LogP contribution is -2.28. The topological polar surface area (TPSA) is 29.9 Å². The Morgan fingerprint density at radius 2 is 2.24 bits per heavy atom. The van der Waals surface area contributed by atoms with Gasteiger partial charge in [0, 0.05) is 18.8 Å². The fraction of sp³-hybridized carbons (Fsp3) is 0.786. The predicted molar refractivity (Wildman–Crippen MR) is 68.8 cm³/mol. The van der Waals surface area contributed by atoms with Crippen molar-refractivity contribution < 1.29 is 0 Å². The number of nitrogens with one attached hydrogen (secondary N) is 1. The normalized spacial score (nSPS) is 25.1. The zero-order valence-electron chi connectivity index (χ0n) is 10.6. The Morgan fingerprint density at radius 3 is 3.00 bits per heavy atom. The second-order valence-corrected chi connectivity index (χ2v) is 5.60. The predicted octanol–water partition coefficient (Wildman–Crippen LogP) is 2.89. The van der Waals surface area contributed by atoms with Crippen LogP contribution in [0.1, 0.15) is 56.7 Å². The van der Waals surface area contributed by atoms with Crippen LogP contribution in [0.4, 0.5) is 0 Å². The van der Waals surface area contributed by atoms with Crippen molar-refractivity contribution in [3.8, 4) is 0 Å². The van der Waals surface area contributed by atoms with Crippen LogP contribution < -0.4 is 5.32 Å². The standard InChI is InChI=1S/C14H23N3/c1-2-8-16-13(5-1)14-10-15-11-17(14)9-3-4-12-6-7-12/h10-13,16H,1-9H2. The summed E-state index contributed by atoms with van der Waals surface area (Å²) < 4.78 is 2.37. The Bertz CT molecular complexity index is 348. The average molecular weight is 233 g/mol. The van der Waals surface area contributed by atoms with Gasteiger partial charge in [-0.3, -0.25) is 0 Å². The summed E-state index contributed by atoms with van der Waals surface area (Å²) in [5.41, 5.74) is 1.40. The summed E-state index contributed by atoms with van der Waals surface area (Å²) in [5.74, 6) is 1.05. The third-order valence-corrected chi connectivity index (χ3v) is 4.12. The maximum atomic E-state index is 4.33. The van der Waals surface area contributed by atoms with E-state index in [4.69, 9.17) is 0 Å². The number of hydrogen-bond acceptors (Lipinski definition) is 2. The van der Waals surface area contributed by atoms with E-state index in [9.17, 15) is 0 Å². The fourth-order valence-electron chi connectivity index (χ4n) is 2.87. The highest BCUT2D eigenvalue weighted by Crippen LogP contribution is 2.33. The molecular weight excluding hydrogens is 210 g/mol. The van der Waals surface area contributed by atoms with Crippen molar-refractivity contribution >= 4 is 0 Å². The van der Waals surface area contributed by atoms with Gasteiger partial charge in [-0.25, -0.2) is 4.98 Å². The van der Waals surface area contributed by atoms with Crippen molar-refractivity contribution in [2.45, 2.75) is 57.5 Å². The summed E-state index contributed by atoms with van der Waals surface area (Å²) in [7, 11) is 0. The number of aryl methyl sites for hydroxylation is 1. The number of hydrogen-bond donors (Lipinski definition) is 1. The molecule has 1 saturated carbocycles. The zero-order valence-corrected chi connectivity index (χ0v) is 10.6. The van der Waals surface area contributed by atoms with Gasteiger partial charge in [0.2, 0.25) is 0 Å². The molecule has 0 amide bonds. The van der Waals surface area contributed by atoms with Gasteiger partial charge in [-0.05, 0) is 38.1 Å². The van der Waals surface area contributed by atoms with E-state index in [0.29, 0.717) is 6.04 Å². The molecule has 1 aliphatic heterocycles. The third kappa shape index (κ3) is 2.89. The molecule has 1 unspecified atom stereocenters. The highest BCUT2D eigenvalue weighted by molar-refractivity contribution is 5.06. The Balaban J connectivity index is 1.57. The lowest BCUT2D eigenvalue weighted by molar-refractivity contribution is 0.390. The summed E-state index contributed by atoms with van der Waals surface area (Å²) in [6.07, 6.45) is 13.7. The van der Waals surface area contributed by atoms with Crippen molar-refractivity contribution in [1.82, 2.24) is 14.9 Å². The molecule has 0 bridgehead atoms. The van der Waals surface area contributed by atoms with Crippen molar-refractivity contribution in [2.24, 2.45) is 5.92 Å². The minimum Gasteiger partial charge on any atom is -0.333 e. The third-order valence-electron chi connectivity index (χ3n) is 4.12. The largest absolute Gasteiger partial charge is 0.333 e. The summed E-state index contributed by atoms with van der Waals surface area (Å²) in [6.45, 7) is 2.32. The van der Waals surface area contributed by atoms with Crippen LogP contribution in [0.25, 0.3) is 0 Å². The molecule has 94 valence electrons. The molecule has 3 heteroatoms. The number of nitrogens with zero attached hydrogens (tertiary/aromatic N) is 2. The maximum Gasteiger partial charge on any atom is 0.0948 e. The van der Waals surface area contributed by atoms with Gasteiger partial charge in [0.25, 0.3) is 0 Å². The van der Waals surface area contributed by atoms with E-state index < -0.39 is 0 Å². The Hall–Kier alpha value is -0.830. The highest BCUT2D eigenvalue weighted by Gasteiger charge is 2.21. The first kappa shape index (κ1) is 11.3. The van der Waals surface area contributed by atoms with E-state index >= 15 is 0 Å². The number of imidazole rings is 1. The van der Waals surface area contributed by atoms with Crippen LogP contribution in [0.5, 0.6) is 0 Å². The molecule has 1 aromatic heterocycles. The fourth-order valence-corrected chi connectivity index (χ4v) is 2.87. The molecule has 3 rings (SSSR count). The van der Waals surface area contributed by atoms with Crippen molar-refractivity contribution in [1.29, 1.82) is 0 Å². The summed E-state index contributed by atoms with van der Waals surface area (Å²) in [6, 6.07) is 0.548. The van der Waals surface area contributed by atoms with Crippen molar-refractivity contribution in [3.63, 3.8) is 0 Å². The molecule has 1 saturated heterocycles. The van der Waals surface area contributed by atoms with Gasteiger partial charge in [0.1, 0.15) is 0 Å². The lowest BCUT2D eigenvalue weighted by atomic mass is 10.0. The smallest absolute Gasteiger partial charge is 0.0948 e. The molecule has 1 atom stereocenters. The minimum absolute atomic E-state index is 0.548. The molecule has 17 heavy (non-hydrogen) atoms. The van der Waals surface area contributed by atoms with Gasteiger partial charge in [0.05, 0.1) is 12.0 Å². The second-order valence-electron chi connectivity index (χ2n) is 5.60. The molecule has 2 fully saturated rings. The van der Waals surface area contributed by atoms with Crippen LogP contribution in [0, 0.1) is 5.92 Å². The molecule has 2 heterocycles. The Kier molecular flexibility index (Phi) is 3.46. The number of aromatic nitrogens is 2. The first-order chi connectivity index (χ1) is 8.43. The molecular formula is C14H23N3. The Labute approximate surface area is 104 Å². The van der Waals surface area contributed by atoms with E-state index in [-0.39, 0.29) is 0 Å². The molecule has 2 aliphatic rings. The first-order valence-corrected chi connectivity index (χ1v) is 7.17. The first-order valence-electron chi connectivity index (χ1n) is 7.17. The van der Waals surface area contributed by atoms with Gasteiger partial charge >= 0.3 is 0 Å². The van der Waals surface area contributed by atoms with E-state index in [2.05, 4.69) is 21.1 Å². The molecule has 1 N–H and O–H groups in total. The lowest BCUT2D eigenvalue weighted by Gasteiger charge is -2.24. The molecule has 0 radical (unpaired) electrons. The molecule has 3 nitrogen and oxygen atoms in total. The second kappa shape index (κ2) is 5.21. The van der Waals surface area contributed by atoms with Crippen LogP contribution in [0.3, 0.4) is 0 Å². The van der Waals surface area contributed by atoms with Crippen LogP contribution in [0.2, 0.25) is 0 Å². The van der Waals surface area contributed by atoms with Crippen LogP contribution in [-0.4, -0.2) is 16.1 Å². The van der Waals surface area contributed by atoms with Gasteiger partial charge in [-0.1, -0.05) is 19.3 Å². The zero-order chi connectivity index (χ0) is 11.5. The molecule has 1 aromatic rings. The molecule has 1 aliphatic carbocycles. The number of piperidine rings is 1. The maximum absolute atomic E-state index is 4.33. The van der Waals surface area contributed by atoms with Gasteiger partial charge in [-0.2, -0.15) is 0 Å². The van der Waals surface area contributed by atoms with Crippen LogP contribution in [0.15, 0.2) is 12.5 Å². The minimum atomic E-state index is 0.548. The highest BCUT2D eigenvalue weighted by atomic mass is 15.1. The quantitative estimate of drug-likeness (QED) is 0.847. The monoisotopic (exact) mass is 233 g/mol. The van der Waals surface area contributed by atoms with Gasteiger partial charge in [-0.15, -0.1) is 0 Å². The Morgan fingerprint density at radius 1 is 1.29 bits per heavy atom. The van der Waals surface area contributed by atoms with Crippen molar-refractivity contribution in [3.05, 3.63) is 18.2 Å². The SMILES string of the molecule is c1ncn(CCCC2CC2)c1C1CCCCN1. The van der Waals surface area contributed by atoms with E-state index in [0.717, 1.165) is 19.0 Å². The summed E-state index contributed by atoms with van der Waals surface area (Å²) >= 11 is 0. The molecule has 0 aromatic carbocycles.